The number of benzene rings is 2. The third-order valence-electron chi connectivity index (χ3n) is 6.28. The van der Waals surface area contributed by atoms with Crippen molar-refractivity contribution in [3.63, 3.8) is 0 Å². The number of carbonyl (C=O) groups is 1. The minimum absolute atomic E-state index is 0.158. The fourth-order valence-electron chi connectivity index (χ4n) is 3.64. The average molecular weight is 535 g/mol. The lowest BCUT2D eigenvalue weighted by Crippen LogP contribution is -2.41. The smallest absolute Gasteiger partial charge is 0.468 e. The van der Waals surface area contributed by atoms with Crippen LogP contribution < -0.4 is 10.2 Å². The molecule has 1 fully saturated rings. The van der Waals surface area contributed by atoms with E-state index in [2.05, 4.69) is 15.9 Å². The van der Waals surface area contributed by atoms with E-state index in [4.69, 9.17) is 28.3 Å². The predicted octanol–water partition coefficient (Wildman–Crippen LogP) is 4.54. The normalized spacial score (nSPS) is 16.5. The molecule has 0 aliphatic carbocycles. The van der Waals surface area contributed by atoms with E-state index in [1.54, 1.807) is 19.2 Å². The van der Waals surface area contributed by atoms with Crippen molar-refractivity contribution >= 4 is 34.5 Å². The third kappa shape index (κ3) is 5.66. The van der Waals surface area contributed by atoms with Crippen LogP contribution in [0.15, 0.2) is 34.8 Å². The van der Waals surface area contributed by atoms with Crippen molar-refractivity contribution in [1.82, 2.24) is 0 Å². The van der Waals surface area contributed by atoms with Crippen molar-refractivity contribution in [2.45, 2.75) is 59.0 Å². The molecule has 0 atom stereocenters. The molecular weight excluding hydrogens is 503 g/mol. The van der Waals surface area contributed by atoms with E-state index < -0.39 is 24.3 Å². The molecule has 9 heteroatoms. The zero-order valence-corrected chi connectivity index (χ0v) is 22.4. The van der Waals surface area contributed by atoms with E-state index in [1.165, 1.54) is 7.11 Å². The molecule has 0 amide bonds. The van der Waals surface area contributed by atoms with Gasteiger partial charge >= 0.3 is 13.1 Å². The van der Waals surface area contributed by atoms with Crippen LogP contribution in [0.4, 0.5) is 0 Å². The maximum atomic E-state index is 12.5. The van der Waals surface area contributed by atoms with Gasteiger partial charge in [-0.25, -0.2) is 4.79 Å². The van der Waals surface area contributed by atoms with E-state index in [1.807, 2.05) is 52.8 Å². The topological polar surface area (TPSA) is 72.5 Å². The van der Waals surface area contributed by atoms with Crippen molar-refractivity contribution in [1.29, 1.82) is 0 Å². The molecule has 3 rings (SSSR count). The molecule has 34 heavy (non-hydrogen) atoms. The number of hydrogen-bond donors (Lipinski definition) is 0. The molecule has 0 spiro atoms. The van der Waals surface area contributed by atoms with Crippen LogP contribution in [0.25, 0.3) is 0 Å². The Bertz CT molecular complexity index is 1020. The second-order valence-corrected chi connectivity index (χ2v) is 10.0. The Morgan fingerprint density at radius 3 is 2.35 bits per heavy atom. The first kappa shape index (κ1) is 26.7. The Kier molecular flexibility index (Phi) is 8.47. The summed E-state index contributed by atoms with van der Waals surface area (Å²) in [5.41, 5.74) is 2.74. The molecule has 2 aromatic rings. The van der Waals surface area contributed by atoms with E-state index in [9.17, 15) is 4.79 Å². The maximum absolute atomic E-state index is 12.5. The van der Waals surface area contributed by atoms with Gasteiger partial charge in [0.15, 0.2) is 6.79 Å². The highest BCUT2D eigenvalue weighted by Crippen LogP contribution is 2.37. The summed E-state index contributed by atoms with van der Waals surface area (Å²) >= 11 is 3.63. The second-order valence-electron chi connectivity index (χ2n) is 9.21. The molecule has 0 radical (unpaired) electrons. The van der Waals surface area contributed by atoms with E-state index in [0.29, 0.717) is 23.5 Å². The van der Waals surface area contributed by atoms with Crippen molar-refractivity contribution in [3.05, 3.63) is 57.1 Å². The maximum Gasteiger partial charge on any atom is 0.495 e. The quantitative estimate of drug-likeness (QED) is 0.265. The third-order valence-corrected chi connectivity index (χ3v) is 7.41. The predicted molar refractivity (Wildman–Crippen MR) is 133 cm³/mol. The average Bonchev–Trinajstić information content (AvgIpc) is 3.01. The van der Waals surface area contributed by atoms with Gasteiger partial charge in [0.2, 0.25) is 0 Å². The van der Waals surface area contributed by atoms with Crippen LogP contribution in [-0.4, -0.2) is 45.3 Å². The molecule has 1 aliphatic heterocycles. The van der Waals surface area contributed by atoms with Crippen LogP contribution in [-0.2, 0) is 36.7 Å². The number of halogens is 1. The highest BCUT2D eigenvalue weighted by atomic mass is 79.9. The molecule has 0 aromatic heterocycles. The molecule has 1 aliphatic rings. The van der Waals surface area contributed by atoms with Crippen LogP contribution in [0.3, 0.4) is 0 Å². The molecule has 0 saturated carbocycles. The number of aryl methyl sites for hydroxylation is 1. The first-order valence-electron chi connectivity index (χ1n) is 11.0. The van der Waals surface area contributed by atoms with Gasteiger partial charge in [-0.3, -0.25) is 0 Å². The number of rotatable bonds is 9. The van der Waals surface area contributed by atoms with Crippen molar-refractivity contribution < 1.29 is 33.1 Å². The standard InChI is InChI=1S/C25H32BBrO7/c1-16-11-18(32-15-29-6)12-17(22(16)27)13-31-14-20-19(23(28)30-7)9-8-10-21(20)26-33-24(2,3)25(4,5)34-26/h8-12H,13-15H2,1-7H3. The van der Waals surface area contributed by atoms with Gasteiger partial charge in [-0.15, -0.1) is 0 Å². The van der Waals surface area contributed by atoms with Gasteiger partial charge in [-0.1, -0.05) is 28.1 Å². The first-order chi connectivity index (χ1) is 16.0. The van der Waals surface area contributed by atoms with E-state index in [-0.39, 0.29) is 13.4 Å². The molecular formula is C25H32BBrO7. The van der Waals surface area contributed by atoms with Crippen LogP contribution in [0.2, 0.25) is 0 Å². The number of ether oxygens (including phenoxy) is 4. The lowest BCUT2D eigenvalue weighted by Gasteiger charge is -2.32. The molecule has 0 unspecified atom stereocenters. The summed E-state index contributed by atoms with van der Waals surface area (Å²) in [4.78, 5) is 12.5. The van der Waals surface area contributed by atoms with Gasteiger partial charge in [0, 0.05) is 11.6 Å². The van der Waals surface area contributed by atoms with Crippen molar-refractivity contribution in [2.24, 2.45) is 0 Å². The number of hydrogen-bond acceptors (Lipinski definition) is 7. The monoisotopic (exact) mass is 534 g/mol. The van der Waals surface area contributed by atoms with Crippen molar-refractivity contribution in [2.75, 3.05) is 21.0 Å². The number of esters is 1. The fourth-order valence-corrected chi connectivity index (χ4v) is 3.99. The van der Waals surface area contributed by atoms with Gasteiger partial charge in [0.05, 0.1) is 37.1 Å². The number of methoxy groups -OCH3 is 2. The Labute approximate surface area is 210 Å². The summed E-state index contributed by atoms with van der Waals surface area (Å²) in [6.45, 7) is 10.6. The summed E-state index contributed by atoms with van der Waals surface area (Å²) in [5, 5.41) is 0. The molecule has 7 nitrogen and oxygen atoms in total. The summed E-state index contributed by atoms with van der Waals surface area (Å²) < 4.78 is 35.1. The zero-order chi connectivity index (χ0) is 25.1. The minimum atomic E-state index is -0.632. The highest BCUT2D eigenvalue weighted by Gasteiger charge is 2.52. The molecule has 0 bridgehead atoms. The Balaban J connectivity index is 1.87. The molecule has 0 N–H and O–H groups in total. The van der Waals surface area contributed by atoms with Gasteiger partial charge < -0.3 is 28.3 Å². The summed E-state index contributed by atoms with van der Waals surface area (Å²) in [7, 11) is 2.30. The summed E-state index contributed by atoms with van der Waals surface area (Å²) in [6.07, 6.45) is 0. The van der Waals surface area contributed by atoms with Gasteiger partial charge in [-0.2, -0.15) is 0 Å². The Morgan fingerprint density at radius 1 is 1.06 bits per heavy atom. The van der Waals surface area contributed by atoms with Crippen molar-refractivity contribution in [3.8, 4) is 5.75 Å². The lowest BCUT2D eigenvalue weighted by molar-refractivity contribution is 0.00578. The Hall–Kier alpha value is -1.91. The fraction of sp³-hybridized carbons (Fsp3) is 0.480. The molecule has 2 aromatic carbocycles. The Morgan fingerprint density at radius 2 is 1.74 bits per heavy atom. The largest absolute Gasteiger partial charge is 0.495 e. The molecule has 1 saturated heterocycles. The number of carbonyl (C=O) groups excluding carboxylic acids is 1. The molecule has 1 heterocycles. The van der Waals surface area contributed by atoms with E-state index >= 15 is 0 Å². The highest BCUT2D eigenvalue weighted by molar-refractivity contribution is 9.10. The first-order valence-corrected chi connectivity index (χ1v) is 11.8. The SMILES string of the molecule is COCOc1cc(C)c(Br)c(COCc2c(B3OC(C)(C)C(C)(C)O3)cccc2C(=O)OC)c1. The van der Waals surface area contributed by atoms with Gasteiger partial charge in [0.25, 0.3) is 0 Å². The minimum Gasteiger partial charge on any atom is -0.468 e. The van der Waals surface area contributed by atoms with Crippen LogP contribution >= 0.6 is 15.9 Å². The summed E-state index contributed by atoms with van der Waals surface area (Å²) in [6, 6.07) is 9.24. The summed E-state index contributed by atoms with van der Waals surface area (Å²) in [5.74, 6) is 0.248. The second kappa shape index (κ2) is 10.8. The van der Waals surface area contributed by atoms with Crippen LogP contribution in [0.5, 0.6) is 5.75 Å². The van der Waals surface area contributed by atoms with Crippen LogP contribution in [0.1, 0.15) is 54.7 Å². The molecule has 184 valence electrons. The zero-order valence-electron chi connectivity index (χ0n) is 20.8. The van der Waals surface area contributed by atoms with Gasteiger partial charge in [-0.05, 0) is 75.0 Å². The van der Waals surface area contributed by atoms with E-state index in [0.717, 1.165) is 21.1 Å². The lowest BCUT2D eigenvalue weighted by atomic mass is 9.74. The van der Waals surface area contributed by atoms with Crippen LogP contribution in [0, 0.1) is 6.92 Å². The van der Waals surface area contributed by atoms with Gasteiger partial charge in [0.1, 0.15) is 5.75 Å².